The summed E-state index contributed by atoms with van der Waals surface area (Å²) < 4.78 is 10.8. The summed E-state index contributed by atoms with van der Waals surface area (Å²) in [6.07, 6.45) is 0. The molecule has 1 heterocycles. The van der Waals surface area contributed by atoms with Crippen LogP contribution < -0.4 is 15.6 Å². The van der Waals surface area contributed by atoms with E-state index >= 15 is 0 Å². The molecule has 1 aromatic heterocycles. The van der Waals surface area contributed by atoms with Crippen LogP contribution in [0.3, 0.4) is 0 Å². The molecule has 0 aliphatic heterocycles. The molecular weight excluding hydrogens is 344 g/mol. The molecule has 128 valence electrons. The lowest BCUT2D eigenvalue weighted by Gasteiger charge is -2.07. The Morgan fingerprint density at radius 2 is 1.80 bits per heavy atom. The van der Waals surface area contributed by atoms with E-state index in [0.29, 0.717) is 21.9 Å². The Bertz CT molecular complexity index is 965. The number of carbonyl (C=O) groups is 2. The number of ether oxygens (including phenoxy) is 1. The largest absolute Gasteiger partial charge is 0.497 e. The highest BCUT2D eigenvalue weighted by atomic mass is 35.5. The highest BCUT2D eigenvalue weighted by molar-refractivity contribution is 6.33. The number of carbonyl (C=O) groups excluding carboxylic acids is 2. The molecule has 3 rings (SSSR count). The first-order valence-electron chi connectivity index (χ1n) is 7.43. The Labute approximate surface area is 148 Å². The van der Waals surface area contributed by atoms with Crippen LogP contribution >= 0.6 is 11.6 Å². The minimum absolute atomic E-state index is 0.114. The summed E-state index contributed by atoms with van der Waals surface area (Å²) in [7, 11) is 1.56. The number of rotatable bonds is 3. The van der Waals surface area contributed by atoms with Crippen molar-refractivity contribution in [3.8, 4) is 5.75 Å². The molecule has 25 heavy (non-hydrogen) atoms. The first-order valence-corrected chi connectivity index (χ1v) is 7.81. The summed E-state index contributed by atoms with van der Waals surface area (Å²) in [4.78, 5) is 24.4. The van der Waals surface area contributed by atoms with Crippen molar-refractivity contribution in [2.45, 2.75) is 6.92 Å². The number of furan rings is 1. The lowest BCUT2D eigenvalue weighted by Crippen LogP contribution is -2.41. The van der Waals surface area contributed by atoms with Crippen LogP contribution in [0, 0.1) is 6.92 Å². The van der Waals surface area contributed by atoms with Gasteiger partial charge in [0.25, 0.3) is 5.91 Å². The standard InChI is InChI=1S/C18H15ClN2O4/c1-10-13-9-11(24-2)7-8-15(13)25-16(10)18(23)21-20-17(22)12-5-3-4-6-14(12)19/h3-9H,1-2H3,(H,20,22)(H,21,23). The van der Waals surface area contributed by atoms with Crippen molar-refractivity contribution < 1.29 is 18.7 Å². The molecule has 2 amide bonds. The summed E-state index contributed by atoms with van der Waals surface area (Å²) >= 11 is 5.95. The zero-order chi connectivity index (χ0) is 18.0. The van der Waals surface area contributed by atoms with Crippen molar-refractivity contribution in [2.75, 3.05) is 7.11 Å². The highest BCUT2D eigenvalue weighted by Crippen LogP contribution is 2.28. The molecule has 0 saturated heterocycles. The van der Waals surface area contributed by atoms with Gasteiger partial charge in [0, 0.05) is 10.9 Å². The fourth-order valence-corrected chi connectivity index (χ4v) is 2.65. The fourth-order valence-electron chi connectivity index (χ4n) is 2.43. The molecule has 0 saturated carbocycles. The van der Waals surface area contributed by atoms with Gasteiger partial charge < -0.3 is 9.15 Å². The van der Waals surface area contributed by atoms with E-state index < -0.39 is 11.8 Å². The first-order chi connectivity index (χ1) is 12.0. The van der Waals surface area contributed by atoms with Gasteiger partial charge in [-0.25, -0.2) is 0 Å². The predicted molar refractivity (Wildman–Crippen MR) is 93.9 cm³/mol. The van der Waals surface area contributed by atoms with Crippen LogP contribution in [0.5, 0.6) is 5.75 Å². The SMILES string of the molecule is COc1ccc2oc(C(=O)NNC(=O)c3ccccc3Cl)c(C)c2c1. The number of amides is 2. The van der Waals surface area contributed by atoms with Crippen molar-refractivity contribution in [1.82, 2.24) is 10.9 Å². The maximum Gasteiger partial charge on any atom is 0.305 e. The van der Waals surface area contributed by atoms with E-state index in [1.807, 2.05) is 0 Å². The van der Waals surface area contributed by atoms with Gasteiger partial charge >= 0.3 is 5.91 Å². The Morgan fingerprint density at radius 1 is 1.08 bits per heavy atom. The fraction of sp³-hybridized carbons (Fsp3) is 0.111. The number of benzene rings is 2. The Morgan fingerprint density at radius 3 is 2.52 bits per heavy atom. The third-order valence-electron chi connectivity index (χ3n) is 3.76. The van der Waals surface area contributed by atoms with E-state index in [1.165, 1.54) is 0 Å². The van der Waals surface area contributed by atoms with E-state index in [-0.39, 0.29) is 11.3 Å². The van der Waals surface area contributed by atoms with Gasteiger partial charge in [-0.3, -0.25) is 20.4 Å². The second-order valence-electron chi connectivity index (χ2n) is 5.31. The number of hydrogen-bond donors (Lipinski definition) is 2. The van der Waals surface area contributed by atoms with Crippen molar-refractivity contribution in [2.24, 2.45) is 0 Å². The van der Waals surface area contributed by atoms with Crippen LogP contribution in [0.25, 0.3) is 11.0 Å². The summed E-state index contributed by atoms with van der Waals surface area (Å²) in [5, 5.41) is 1.06. The van der Waals surface area contributed by atoms with Crippen LogP contribution in [0.1, 0.15) is 26.5 Å². The molecule has 2 N–H and O–H groups in total. The highest BCUT2D eigenvalue weighted by Gasteiger charge is 2.19. The Kier molecular flexibility index (Phi) is 4.63. The Hall–Kier alpha value is -2.99. The van der Waals surface area contributed by atoms with E-state index in [1.54, 1.807) is 56.5 Å². The molecule has 0 aliphatic rings. The van der Waals surface area contributed by atoms with E-state index in [0.717, 1.165) is 5.39 Å². The molecule has 7 heteroatoms. The lowest BCUT2D eigenvalue weighted by atomic mass is 10.1. The van der Waals surface area contributed by atoms with Crippen molar-refractivity contribution in [3.05, 3.63) is 64.4 Å². The second-order valence-corrected chi connectivity index (χ2v) is 5.71. The number of fused-ring (bicyclic) bond motifs is 1. The molecule has 2 aromatic carbocycles. The molecule has 0 fully saturated rings. The predicted octanol–water partition coefficient (Wildman–Crippen LogP) is 3.48. The molecule has 6 nitrogen and oxygen atoms in total. The summed E-state index contributed by atoms with van der Waals surface area (Å²) in [5.41, 5.74) is 6.12. The first kappa shape index (κ1) is 16.9. The number of hydrazine groups is 1. The molecule has 0 unspecified atom stereocenters. The van der Waals surface area contributed by atoms with Crippen molar-refractivity contribution in [1.29, 1.82) is 0 Å². The van der Waals surface area contributed by atoms with Crippen LogP contribution in [0.15, 0.2) is 46.9 Å². The van der Waals surface area contributed by atoms with Crippen LogP contribution in [0.4, 0.5) is 0 Å². The number of methoxy groups -OCH3 is 1. The summed E-state index contributed by atoms with van der Waals surface area (Å²) in [6, 6.07) is 11.8. The Balaban J connectivity index is 1.77. The number of hydrogen-bond acceptors (Lipinski definition) is 4. The van der Waals surface area contributed by atoms with Gasteiger partial charge in [0.05, 0.1) is 17.7 Å². The maximum atomic E-state index is 12.3. The van der Waals surface area contributed by atoms with E-state index in [9.17, 15) is 9.59 Å². The third kappa shape index (κ3) is 3.29. The number of nitrogens with one attached hydrogen (secondary N) is 2. The maximum absolute atomic E-state index is 12.3. The number of halogens is 1. The van der Waals surface area contributed by atoms with Crippen LogP contribution in [-0.4, -0.2) is 18.9 Å². The second kappa shape index (κ2) is 6.86. The monoisotopic (exact) mass is 358 g/mol. The van der Waals surface area contributed by atoms with Gasteiger partial charge in [-0.2, -0.15) is 0 Å². The smallest absolute Gasteiger partial charge is 0.305 e. The average molecular weight is 359 g/mol. The molecule has 3 aromatic rings. The third-order valence-corrected chi connectivity index (χ3v) is 4.09. The van der Waals surface area contributed by atoms with Gasteiger partial charge in [0.2, 0.25) is 0 Å². The molecule has 0 bridgehead atoms. The minimum Gasteiger partial charge on any atom is -0.497 e. The molecule has 0 radical (unpaired) electrons. The summed E-state index contributed by atoms with van der Waals surface area (Å²) in [5.74, 6) is -0.305. The van der Waals surface area contributed by atoms with Gasteiger partial charge in [-0.1, -0.05) is 23.7 Å². The van der Waals surface area contributed by atoms with Gasteiger partial charge in [0.15, 0.2) is 5.76 Å². The van der Waals surface area contributed by atoms with Crippen LogP contribution in [0.2, 0.25) is 5.02 Å². The topological polar surface area (TPSA) is 80.6 Å². The zero-order valence-corrected chi connectivity index (χ0v) is 14.3. The quantitative estimate of drug-likeness (QED) is 0.702. The summed E-state index contributed by atoms with van der Waals surface area (Å²) in [6.45, 7) is 1.76. The molecular formula is C18H15ClN2O4. The normalized spacial score (nSPS) is 10.5. The van der Waals surface area contributed by atoms with Crippen molar-refractivity contribution in [3.63, 3.8) is 0 Å². The van der Waals surface area contributed by atoms with Gasteiger partial charge in [-0.05, 0) is 37.3 Å². The van der Waals surface area contributed by atoms with E-state index in [4.69, 9.17) is 20.8 Å². The molecule has 0 aliphatic carbocycles. The molecule has 0 spiro atoms. The van der Waals surface area contributed by atoms with Gasteiger partial charge in [-0.15, -0.1) is 0 Å². The number of aryl methyl sites for hydroxylation is 1. The molecule has 0 atom stereocenters. The lowest BCUT2D eigenvalue weighted by molar-refractivity contribution is 0.0831. The average Bonchev–Trinajstić information content (AvgIpc) is 2.96. The minimum atomic E-state index is -0.562. The van der Waals surface area contributed by atoms with Crippen LogP contribution in [-0.2, 0) is 0 Å². The zero-order valence-electron chi connectivity index (χ0n) is 13.6. The van der Waals surface area contributed by atoms with E-state index in [2.05, 4.69) is 10.9 Å². The van der Waals surface area contributed by atoms with Crippen molar-refractivity contribution >= 4 is 34.4 Å². The van der Waals surface area contributed by atoms with Gasteiger partial charge in [0.1, 0.15) is 11.3 Å².